The standard InChI is InChI=1S/C11H20N2O/c1-7(2)9(5)11(8(3)4)13-10(14)6-12/h9,11H,1,3,6,12H2,2,4-5H3,(H,13,14)/t9-,11?/m0/s1. The molecule has 0 aliphatic heterocycles. The number of amides is 1. The van der Waals surface area contributed by atoms with E-state index in [-0.39, 0.29) is 24.4 Å². The van der Waals surface area contributed by atoms with Crippen LogP contribution < -0.4 is 11.1 Å². The zero-order valence-electron chi connectivity index (χ0n) is 9.26. The Morgan fingerprint density at radius 2 is 1.86 bits per heavy atom. The number of carbonyl (C=O) groups is 1. The molecule has 0 saturated carbocycles. The summed E-state index contributed by atoms with van der Waals surface area (Å²) in [7, 11) is 0. The van der Waals surface area contributed by atoms with Crippen LogP contribution in [0.2, 0.25) is 0 Å². The monoisotopic (exact) mass is 196 g/mol. The number of nitrogens with two attached hydrogens (primary N) is 1. The van der Waals surface area contributed by atoms with Crippen LogP contribution in [0.1, 0.15) is 20.8 Å². The van der Waals surface area contributed by atoms with Gasteiger partial charge >= 0.3 is 0 Å². The third kappa shape index (κ3) is 3.75. The summed E-state index contributed by atoms with van der Waals surface area (Å²) >= 11 is 0. The molecule has 0 heterocycles. The van der Waals surface area contributed by atoms with Gasteiger partial charge in [0, 0.05) is 5.92 Å². The zero-order chi connectivity index (χ0) is 11.3. The number of hydrogen-bond donors (Lipinski definition) is 2. The summed E-state index contributed by atoms with van der Waals surface area (Å²) in [6.45, 7) is 13.6. The maximum atomic E-state index is 11.1. The first-order valence-corrected chi connectivity index (χ1v) is 4.70. The molecule has 0 aromatic carbocycles. The van der Waals surface area contributed by atoms with E-state index in [2.05, 4.69) is 18.5 Å². The summed E-state index contributed by atoms with van der Waals surface area (Å²) in [5, 5.41) is 2.82. The number of hydrogen-bond acceptors (Lipinski definition) is 2. The molecule has 0 aliphatic carbocycles. The van der Waals surface area contributed by atoms with Gasteiger partial charge in [0.05, 0.1) is 12.6 Å². The van der Waals surface area contributed by atoms with Gasteiger partial charge in [0.15, 0.2) is 0 Å². The van der Waals surface area contributed by atoms with Crippen LogP contribution >= 0.6 is 0 Å². The van der Waals surface area contributed by atoms with Gasteiger partial charge < -0.3 is 11.1 Å². The fourth-order valence-corrected chi connectivity index (χ4v) is 1.19. The summed E-state index contributed by atoms with van der Waals surface area (Å²) in [6.07, 6.45) is 0. The Morgan fingerprint density at radius 1 is 1.36 bits per heavy atom. The quantitative estimate of drug-likeness (QED) is 0.649. The summed E-state index contributed by atoms with van der Waals surface area (Å²) in [4.78, 5) is 11.1. The van der Waals surface area contributed by atoms with E-state index in [0.717, 1.165) is 11.1 Å². The molecule has 0 aromatic rings. The van der Waals surface area contributed by atoms with Crippen LogP contribution in [0.5, 0.6) is 0 Å². The highest BCUT2D eigenvalue weighted by Crippen LogP contribution is 2.17. The Balaban J connectivity index is 4.52. The van der Waals surface area contributed by atoms with Gasteiger partial charge in [-0.3, -0.25) is 4.79 Å². The van der Waals surface area contributed by atoms with Crippen molar-refractivity contribution in [3.05, 3.63) is 24.3 Å². The van der Waals surface area contributed by atoms with Crippen molar-refractivity contribution in [2.45, 2.75) is 26.8 Å². The third-order valence-electron chi connectivity index (χ3n) is 2.31. The molecule has 0 aromatic heterocycles. The Morgan fingerprint density at radius 3 is 2.14 bits per heavy atom. The van der Waals surface area contributed by atoms with Gasteiger partial charge in [-0.15, -0.1) is 0 Å². The van der Waals surface area contributed by atoms with E-state index in [4.69, 9.17) is 5.73 Å². The van der Waals surface area contributed by atoms with E-state index in [1.54, 1.807) is 0 Å². The Bertz CT molecular complexity index is 246. The Hall–Kier alpha value is -1.09. The lowest BCUT2D eigenvalue weighted by Gasteiger charge is -2.25. The first-order valence-electron chi connectivity index (χ1n) is 4.70. The van der Waals surface area contributed by atoms with Crippen molar-refractivity contribution >= 4 is 5.91 Å². The molecule has 2 atom stereocenters. The molecule has 3 nitrogen and oxygen atoms in total. The predicted octanol–water partition coefficient (Wildman–Crippen LogP) is 1.22. The average Bonchev–Trinajstić information content (AvgIpc) is 2.11. The minimum atomic E-state index is -0.161. The van der Waals surface area contributed by atoms with Crippen LogP contribution in [0.25, 0.3) is 0 Å². The molecule has 3 heteroatoms. The summed E-state index contributed by atoms with van der Waals surface area (Å²) in [5.41, 5.74) is 7.17. The van der Waals surface area contributed by atoms with Gasteiger partial charge in [0.2, 0.25) is 5.91 Å². The van der Waals surface area contributed by atoms with Crippen molar-refractivity contribution in [1.29, 1.82) is 0 Å². The number of rotatable bonds is 5. The molecule has 14 heavy (non-hydrogen) atoms. The first-order chi connectivity index (χ1) is 6.40. The lowest BCUT2D eigenvalue weighted by atomic mass is 9.91. The van der Waals surface area contributed by atoms with Gasteiger partial charge in [0.1, 0.15) is 0 Å². The molecule has 1 amide bonds. The van der Waals surface area contributed by atoms with Crippen LogP contribution in [-0.2, 0) is 4.79 Å². The highest BCUT2D eigenvalue weighted by atomic mass is 16.1. The number of carbonyl (C=O) groups excluding carboxylic acids is 1. The maximum absolute atomic E-state index is 11.1. The van der Waals surface area contributed by atoms with Gasteiger partial charge in [-0.2, -0.15) is 0 Å². The molecule has 0 rings (SSSR count). The zero-order valence-corrected chi connectivity index (χ0v) is 9.26. The second-order valence-corrected chi connectivity index (χ2v) is 3.73. The molecule has 1 unspecified atom stereocenters. The molecule has 0 aliphatic rings. The number of nitrogens with one attached hydrogen (secondary N) is 1. The Labute approximate surface area is 86.1 Å². The minimum absolute atomic E-state index is 0.00664. The van der Waals surface area contributed by atoms with Crippen LogP contribution in [0.3, 0.4) is 0 Å². The fraction of sp³-hybridized carbons (Fsp3) is 0.545. The average molecular weight is 196 g/mol. The van der Waals surface area contributed by atoms with E-state index in [9.17, 15) is 4.79 Å². The van der Waals surface area contributed by atoms with E-state index in [1.807, 2.05) is 20.8 Å². The SMILES string of the molecule is C=C(C)C(NC(=O)CN)[C@@H](C)C(=C)C. The van der Waals surface area contributed by atoms with Crippen molar-refractivity contribution in [3.63, 3.8) is 0 Å². The third-order valence-corrected chi connectivity index (χ3v) is 2.31. The summed E-state index contributed by atoms with van der Waals surface area (Å²) in [5.74, 6) is 0.0223. The van der Waals surface area contributed by atoms with Gasteiger partial charge in [-0.1, -0.05) is 31.2 Å². The fourth-order valence-electron chi connectivity index (χ4n) is 1.19. The topological polar surface area (TPSA) is 55.1 Å². The van der Waals surface area contributed by atoms with Crippen LogP contribution in [-0.4, -0.2) is 18.5 Å². The van der Waals surface area contributed by atoms with Crippen LogP contribution in [0.15, 0.2) is 24.3 Å². The van der Waals surface area contributed by atoms with Gasteiger partial charge in [-0.05, 0) is 13.8 Å². The molecule has 3 N–H and O–H groups in total. The predicted molar refractivity (Wildman–Crippen MR) is 59.8 cm³/mol. The van der Waals surface area contributed by atoms with Gasteiger partial charge in [-0.25, -0.2) is 0 Å². The molecule has 0 saturated heterocycles. The van der Waals surface area contributed by atoms with E-state index >= 15 is 0 Å². The van der Waals surface area contributed by atoms with Crippen molar-refractivity contribution < 1.29 is 4.79 Å². The van der Waals surface area contributed by atoms with Crippen LogP contribution in [0.4, 0.5) is 0 Å². The second kappa shape index (κ2) is 5.60. The van der Waals surface area contributed by atoms with E-state index in [0.29, 0.717) is 0 Å². The van der Waals surface area contributed by atoms with Crippen LogP contribution in [0, 0.1) is 5.92 Å². The van der Waals surface area contributed by atoms with Crippen molar-refractivity contribution in [2.75, 3.05) is 6.54 Å². The molecular formula is C11H20N2O. The highest BCUT2D eigenvalue weighted by Gasteiger charge is 2.19. The summed E-state index contributed by atoms with van der Waals surface area (Å²) in [6, 6.07) is -0.0662. The summed E-state index contributed by atoms with van der Waals surface area (Å²) < 4.78 is 0. The maximum Gasteiger partial charge on any atom is 0.234 e. The largest absolute Gasteiger partial charge is 0.348 e. The normalized spacial score (nSPS) is 14.3. The molecular weight excluding hydrogens is 176 g/mol. The molecule has 0 radical (unpaired) electrons. The first kappa shape index (κ1) is 12.9. The van der Waals surface area contributed by atoms with Gasteiger partial charge in [0.25, 0.3) is 0 Å². The molecule has 0 bridgehead atoms. The smallest absolute Gasteiger partial charge is 0.234 e. The van der Waals surface area contributed by atoms with Crippen molar-refractivity contribution in [1.82, 2.24) is 5.32 Å². The lowest BCUT2D eigenvalue weighted by molar-refractivity contribution is -0.120. The molecule has 80 valence electrons. The Kier molecular flexibility index (Phi) is 5.16. The van der Waals surface area contributed by atoms with E-state index < -0.39 is 0 Å². The lowest BCUT2D eigenvalue weighted by Crippen LogP contribution is -2.43. The second-order valence-electron chi connectivity index (χ2n) is 3.73. The van der Waals surface area contributed by atoms with E-state index in [1.165, 1.54) is 0 Å². The molecule has 0 spiro atoms. The minimum Gasteiger partial charge on any atom is -0.348 e. The molecule has 0 fully saturated rings. The van der Waals surface area contributed by atoms with Crippen molar-refractivity contribution in [2.24, 2.45) is 11.7 Å². The van der Waals surface area contributed by atoms with Crippen molar-refractivity contribution in [3.8, 4) is 0 Å². The highest BCUT2D eigenvalue weighted by molar-refractivity contribution is 5.78.